The summed E-state index contributed by atoms with van der Waals surface area (Å²) in [5.74, 6) is -0.0151. The van der Waals surface area contributed by atoms with Gasteiger partial charge in [-0.1, -0.05) is 27.2 Å². The molecule has 0 aromatic carbocycles. The Morgan fingerprint density at radius 3 is 2.50 bits per heavy atom. The summed E-state index contributed by atoms with van der Waals surface area (Å²) in [5, 5.41) is 2.81. The molecule has 0 aliphatic carbocycles. The number of ether oxygens (including phenoxy) is 1. The molecule has 1 fully saturated rings. The Morgan fingerprint density at radius 1 is 1.30 bits per heavy atom. The van der Waals surface area contributed by atoms with Gasteiger partial charge in [0.05, 0.1) is 6.61 Å². The lowest BCUT2D eigenvalue weighted by atomic mass is 9.91. The van der Waals surface area contributed by atoms with Crippen molar-refractivity contribution < 1.29 is 14.3 Å². The number of amides is 2. The Kier molecular flexibility index (Phi) is 5.99. The lowest BCUT2D eigenvalue weighted by Gasteiger charge is -2.44. The second-order valence-electron chi connectivity index (χ2n) is 6.27. The summed E-state index contributed by atoms with van der Waals surface area (Å²) in [7, 11) is 0. The highest BCUT2D eigenvalue weighted by Gasteiger charge is 2.45. The van der Waals surface area contributed by atoms with Gasteiger partial charge in [-0.15, -0.1) is 0 Å². The van der Waals surface area contributed by atoms with E-state index in [9.17, 15) is 9.59 Å². The van der Waals surface area contributed by atoms with Crippen molar-refractivity contribution in [1.82, 2.24) is 10.2 Å². The van der Waals surface area contributed by atoms with Crippen LogP contribution in [0.3, 0.4) is 0 Å². The molecule has 1 aliphatic heterocycles. The first-order valence-electron chi connectivity index (χ1n) is 7.52. The van der Waals surface area contributed by atoms with Gasteiger partial charge in [-0.2, -0.15) is 0 Å². The lowest BCUT2D eigenvalue weighted by molar-refractivity contribution is -0.156. The number of carbonyl (C=O) groups excluding carboxylic acids is 2. The van der Waals surface area contributed by atoms with E-state index in [2.05, 4.69) is 12.2 Å². The smallest absolute Gasteiger partial charge is 0.248 e. The monoisotopic (exact) mass is 284 g/mol. The summed E-state index contributed by atoms with van der Waals surface area (Å²) in [4.78, 5) is 26.4. The Balaban J connectivity index is 2.69. The van der Waals surface area contributed by atoms with Crippen molar-refractivity contribution in [2.45, 2.75) is 59.0 Å². The van der Waals surface area contributed by atoms with Crippen LogP contribution < -0.4 is 5.32 Å². The average Bonchev–Trinajstić information content (AvgIpc) is 2.33. The van der Waals surface area contributed by atoms with Crippen LogP contribution in [0.1, 0.15) is 47.5 Å². The Labute approximate surface area is 122 Å². The summed E-state index contributed by atoms with van der Waals surface area (Å²) in [6.45, 7) is 11.2. The lowest BCUT2D eigenvalue weighted by Crippen LogP contribution is -2.69. The zero-order chi connectivity index (χ0) is 15.3. The molecule has 2 amide bonds. The van der Waals surface area contributed by atoms with Gasteiger partial charge in [0, 0.05) is 13.2 Å². The van der Waals surface area contributed by atoms with E-state index in [1.807, 2.05) is 13.8 Å². The minimum Gasteiger partial charge on any atom is -0.380 e. The molecule has 20 heavy (non-hydrogen) atoms. The van der Waals surface area contributed by atoms with Crippen LogP contribution in [0.25, 0.3) is 0 Å². The van der Waals surface area contributed by atoms with Crippen LogP contribution in [-0.4, -0.2) is 48.1 Å². The van der Waals surface area contributed by atoms with Crippen LogP contribution in [0.5, 0.6) is 0 Å². The summed E-state index contributed by atoms with van der Waals surface area (Å²) in [5.41, 5.74) is -0.827. The van der Waals surface area contributed by atoms with Gasteiger partial charge in [0.1, 0.15) is 11.6 Å². The molecule has 5 nitrogen and oxygen atoms in total. The molecule has 1 atom stereocenters. The van der Waals surface area contributed by atoms with Crippen LogP contribution >= 0.6 is 0 Å². The maximum Gasteiger partial charge on any atom is 0.248 e. The summed E-state index contributed by atoms with van der Waals surface area (Å²) >= 11 is 0. The molecule has 1 heterocycles. The average molecular weight is 284 g/mol. The molecule has 0 spiro atoms. The van der Waals surface area contributed by atoms with E-state index in [0.717, 1.165) is 12.8 Å². The van der Waals surface area contributed by atoms with Gasteiger partial charge >= 0.3 is 0 Å². The van der Waals surface area contributed by atoms with Crippen molar-refractivity contribution >= 4 is 11.8 Å². The van der Waals surface area contributed by atoms with Crippen molar-refractivity contribution in [3.8, 4) is 0 Å². The maximum absolute atomic E-state index is 12.5. The van der Waals surface area contributed by atoms with Crippen molar-refractivity contribution in [3.63, 3.8) is 0 Å². The number of hydrogen-bond acceptors (Lipinski definition) is 3. The highest BCUT2D eigenvalue weighted by atomic mass is 16.5. The fourth-order valence-electron chi connectivity index (χ4n) is 2.48. The largest absolute Gasteiger partial charge is 0.380 e. The number of hydrogen-bond donors (Lipinski definition) is 1. The summed E-state index contributed by atoms with van der Waals surface area (Å²) in [6.07, 6.45) is 2.11. The quantitative estimate of drug-likeness (QED) is 0.722. The van der Waals surface area contributed by atoms with Gasteiger partial charge in [-0.05, 0) is 26.2 Å². The van der Waals surface area contributed by atoms with Crippen LogP contribution in [0.2, 0.25) is 0 Å². The van der Waals surface area contributed by atoms with Crippen LogP contribution in [-0.2, 0) is 14.3 Å². The van der Waals surface area contributed by atoms with Gasteiger partial charge in [0.2, 0.25) is 11.8 Å². The SMILES string of the molecule is CCCCOCCN1C(=O)C(C)(C)NC(=O)C1C(C)C. The molecule has 1 unspecified atom stereocenters. The third kappa shape index (κ3) is 3.95. The first kappa shape index (κ1) is 17.0. The van der Waals surface area contributed by atoms with Crippen LogP contribution in [0.4, 0.5) is 0 Å². The normalized spacial score (nSPS) is 22.3. The fourth-order valence-corrected chi connectivity index (χ4v) is 2.48. The Morgan fingerprint density at radius 2 is 1.95 bits per heavy atom. The predicted octanol–water partition coefficient (Wildman–Crippen LogP) is 1.56. The van der Waals surface area contributed by atoms with Gasteiger partial charge < -0.3 is 15.0 Å². The van der Waals surface area contributed by atoms with Gasteiger partial charge in [0.25, 0.3) is 0 Å². The highest BCUT2D eigenvalue weighted by Crippen LogP contribution is 2.22. The molecule has 0 aromatic heterocycles. The number of piperazine rings is 1. The van der Waals surface area contributed by atoms with Crippen molar-refractivity contribution in [2.75, 3.05) is 19.8 Å². The topological polar surface area (TPSA) is 58.6 Å². The molecule has 0 aromatic rings. The molecule has 1 aliphatic rings. The van der Waals surface area contributed by atoms with E-state index in [-0.39, 0.29) is 17.7 Å². The Bertz CT molecular complexity index is 353. The number of nitrogens with one attached hydrogen (secondary N) is 1. The van der Waals surface area contributed by atoms with E-state index < -0.39 is 11.6 Å². The molecule has 0 saturated carbocycles. The van der Waals surface area contributed by atoms with Gasteiger partial charge in [0.15, 0.2) is 0 Å². The number of unbranched alkanes of at least 4 members (excludes halogenated alkanes) is 1. The molecular weight excluding hydrogens is 256 g/mol. The third-order valence-electron chi connectivity index (χ3n) is 3.59. The van der Waals surface area contributed by atoms with E-state index in [1.165, 1.54) is 0 Å². The standard InChI is InChI=1S/C15H28N2O3/c1-6-7-9-20-10-8-17-12(11(2)3)13(18)16-15(4,5)14(17)19/h11-12H,6-10H2,1-5H3,(H,16,18). The minimum atomic E-state index is -0.827. The molecule has 0 radical (unpaired) electrons. The van der Waals surface area contributed by atoms with E-state index in [4.69, 9.17) is 4.74 Å². The maximum atomic E-state index is 12.5. The molecule has 1 rings (SSSR count). The zero-order valence-corrected chi connectivity index (χ0v) is 13.4. The summed E-state index contributed by atoms with van der Waals surface area (Å²) < 4.78 is 5.53. The molecular formula is C15H28N2O3. The van der Waals surface area contributed by atoms with Crippen LogP contribution in [0.15, 0.2) is 0 Å². The molecule has 0 bridgehead atoms. The van der Waals surface area contributed by atoms with E-state index in [1.54, 1.807) is 18.7 Å². The zero-order valence-electron chi connectivity index (χ0n) is 13.4. The molecule has 116 valence electrons. The summed E-state index contributed by atoms with van der Waals surface area (Å²) in [6, 6.07) is -0.398. The van der Waals surface area contributed by atoms with Crippen LogP contribution in [0, 0.1) is 5.92 Å². The molecule has 1 N–H and O–H groups in total. The van der Waals surface area contributed by atoms with E-state index in [0.29, 0.717) is 19.8 Å². The second kappa shape index (κ2) is 7.07. The predicted molar refractivity (Wildman–Crippen MR) is 78.3 cm³/mol. The van der Waals surface area contributed by atoms with Crippen molar-refractivity contribution in [1.29, 1.82) is 0 Å². The Hall–Kier alpha value is -1.10. The van der Waals surface area contributed by atoms with Gasteiger partial charge in [-0.3, -0.25) is 9.59 Å². The number of nitrogens with zero attached hydrogens (tertiary/aromatic N) is 1. The third-order valence-corrected chi connectivity index (χ3v) is 3.59. The van der Waals surface area contributed by atoms with Crippen molar-refractivity contribution in [2.24, 2.45) is 5.92 Å². The fraction of sp³-hybridized carbons (Fsp3) is 0.867. The molecule has 5 heteroatoms. The van der Waals surface area contributed by atoms with Gasteiger partial charge in [-0.25, -0.2) is 0 Å². The first-order valence-corrected chi connectivity index (χ1v) is 7.52. The number of carbonyl (C=O) groups is 2. The first-order chi connectivity index (χ1) is 9.31. The minimum absolute atomic E-state index is 0.0325. The van der Waals surface area contributed by atoms with Crippen molar-refractivity contribution in [3.05, 3.63) is 0 Å². The van der Waals surface area contributed by atoms with E-state index >= 15 is 0 Å². The second-order valence-corrected chi connectivity index (χ2v) is 6.27. The molecule has 1 saturated heterocycles. The number of rotatable bonds is 7. The highest BCUT2D eigenvalue weighted by molar-refractivity contribution is 5.99.